The number of hydrogen-bond acceptors (Lipinski definition) is 3. The molecule has 3 rings (SSSR count). The van der Waals surface area contributed by atoms with Gasteiger partial charge in [0.15, 0.2) is 0 Å². The first-order valence-corrected chi connectivity index (χ1v) is 7.33. The van der Waals surface area contributed by atoms with Gasteiger partial charge in [0.25, 0.3) is 0 Å². The molecule has 1 aromatic heterocycles. The number of thiophene rings is 1. The van der Waals surface area contributed by atoms with Crippen molar-refractivity contribution in [3.63, 3.8) is 0 Å². The molecule has 1 atom stereocenters. The molecule has 1 N–H and O–H groups in total. The van der Waals surface area contributed by atoms with E-state index in [2.05, 4.69) is 27.0 Å². The van der Waals surface area contributed by atoms with Gasteiger partial charge < -0.3 is 5.32 Å². The van der Waals surface area contributed by atoms with Gasteiger partial charge in [-0.2, -0.15) is 11.3 Å². The fourth-order valence-electron chi connectivity index (χ4n) is 2.62. The van der Waals surface area contributed by atoms with Crippen molar-refractivity contribution in [2.24, 2.45) is 5.92 Å². The van der Waals surface area contributed by atoms with Gasteiger partial charge >= 0.3 is 0 Å². The van der Waals surface area contributed by atoms with Gasteiger partial charge in [-0.3, -0.25) is 4.90 Å². The van der Waals surface area contributed by atoms with Crippen LogP contribution >= 0.6 is 11.3 Å². The quantitative estimate of drug-likeness (QED) is 0.866. The van der Waals surface area contributed by atoms with Crippen molar-refractivity contribution >= 4 is 11.3 Å². The Morgan fingerprint density at radius 3 is 3.12 bits per heavy atom. The van der Waals surface area contributed by atoms with E-state index in [4.69, 9.17) is 0 Å². The van der Waals surface area contributed by atoms with Gasteiger partial charge in [0.2, 0.25) is 0 Å². The summed E-state index contributed by atoms with van der Waals surface area (Å²) >= 11 is 1.81. The summed E-state index contributed by atoms with van der Waals surface area (Å²) in [6.45, 7) is 4.86. The highest BCUT2D eigenvalue weighted by molar-refractivity contribution is 7.07. The molecule has 2 heterocycles. The van der Waals surface area contributed by atoms with E-state index in [9.17, 15) is 0 Å². The summed E-state index contributed by atoms with van der Waals surface area (Å²) in [5, 5.41) is 8.18. The Kier molecular flexibility index (Phi) is 3.27. The van der Waals surface area contributed by atoms with E-state index in [1.807, 2.05) is 11.3 Å². The molecule has 1 aliphatic carbocycles. The van der Waals surface area contributed by atoms with Crippen molar-refractivity contribution in [3.05, 3.63) is 22.4 Å². The molecule has 2 aliphatic rings. The first kappa shape index (κ1) is 10.8. The van der Waals surface area contributed by atoms with Crippen LogP contribution in [0.2, 0.25) is 0 Å². The topological polar surface area (TPSA) is 15.3 Å². The molecule has 88 valence electrons. The van der Waals surface area contributed by atoms with Crippen LogP contribution in [0.5, 0.6) is 0 Å². The van der Waals surface area contributed by atoms with E-state index in [1.54, 1.807) is 0 Å². The van der Waals surface area contributed by atoms with Crippen LogP contribution in [0.25, 0.3) is 0 Å². The Bertz CT molecular complexity index is 319. The summed E-state index contributed by atoms with van der Waals surface area (Å²) in [7, 11) is 0. The minimum Gasteiger partial charge on any atom is -0.312 e. The van der Waals surface area contributed by atoms with E-state index in [0.717, 1.165) is 18.5 Å². The average molecular weight is 236 g/mol. The molecule has 16 heavy (non-hydrogen) atoms. The first-order chi connectivity index (χ1) is 7.92. The molecular formula is C13H20N2S. The molecule has 0 amide bonds. The third kappa shape index (κ3) is 2.65. The van der Waals surface area contributed by atoms with Crippen molar-refractivity contribution in [2.45, 2.75) is 31.8 Å². The fourth-order valence-corrected chi connectivity index (χ4v) is 3.28. The van der Waals surface area contributed by atoms with Crippen LogP contribution in [0.15, 0.2) is 16.8 Å². The van der Waals surface area contributed by atoms with Crippen LogP contribution in [0.4, 0.5) is 0 Å². The smallest absolute Gasteiger partial charge is 0.0242 e. The van der Waals surface area contributed by atoms with Gasteiger partial charge in [0, 0.05) is 19.1 Å². The Labute approximate surface area is 102 Å². The van der Waals surface area contributed by atoms with Gasteiger partial charge in [-0.05, 0) is 60.7 Å². The predicted molar refractivity (Wildman–Crippen MR) is 68.7 cm³/mol. The Morgan fingerprint density at radius 1 is 1.44 bits per heavy atom. The second kappa shape index (κ2) is 4.86. The zero-order valence-corrected chi connectivity index (χ0v) is 10.5. The Morgan fingerprint density at radius 2 is 2.38 bits per heavy atom. The lowest BCUT2D eigenvalue weighted by Crippen LogP contribution is -2.38. The molecular weight excluding hydrogens is 216 g/mol. The molecule has 0 aromatic carbocycles. The molecule has 2 nitrogen and oxygen atoms in total. The van der Waals surface area contributed by atoms with Crippen molar-refractivity contribution in [2.75, 3.05) is 19.6 Å². The normalized spacial score (nSPS) is 27.9. The molecule has 0 bridgehead atoms. The van der Waals surface area contributed by atoms with Gasteiger partial charge in [-0.15, -0.1) is 0 Å². The highest BCUT2D eigenvalue weighted by atomic mass is 32.1. The standard InChI is InChI=1S/C13H20N2S/c1-5-14-13(12-2-3-12)9-15(6-1)8-11-4-7-16-10-11/h4,7,10,12-14H,1-3,5-6,8-9H2. The maximum absolute atomic E-state index is 3.71. The van der Waals surface area contributed by atoms with Crippen molar-refractivity contribution in [1.82, 2.24) is 10.2 Å². The van der Waals surface area contributed by atoms with Gasteiger partial charge in [-0.1, -0.05) is 0 Å². The van der Waals surface area contributed by atoms with Gasteiger partial charge in [0.05, 0.1) is 0 Å². The van der Waals surface area contributed by atoms with Gasteiger partial charge in [-0.25, -0.2) is 0 Å². The molecule has 3 heteroatoms. The zero-order valence-electron chi connectivity index (χ0n) is 9.69. The van der Waals surface area contributed by atoms with Crippen molar-refractivity contribution in [1.29, 1.82) is 0 Å². The van der Waals surface area contributed by atoms with Crippen LogP contribution in [0.1, 0.15) is 24.8 Å². The summed E-state index contributed by atoms with van der Waals surface area (Å²) in [6, 6.07) is 3.02. The molecule has 1 aliphatic heterocycles. The average Bonchev–Trinajstić information content (AvgIpc) is 3.03. The van der Waals surface area contributed by atoms with E-state index >= 15 is 0 Å². The van der Waals surface area contributed by atoms with Crippen LogP contribution < -0.4 is 5.32 Å². The molecule has 0 spiro atoms. The number of nitrogens with zero attached hydrogens (tertiary/aromatic N) is 1. The molecule has 1 unspecified atom stereocenters. The summed E-state index contributed by atoms with van der Waals surface area (Å²) in [4.78, 5) is 2.63. The lowest BCUT2D eigenvalue weighted by molar-refractivity contribution is 0.251. The Hall–Kier alpha value is -0.380. The molecule has 0 radical (unpaired) electrons. The molecule has 1 saturated heterocycles. The number of hydrogen-bond donors (Lipinski definition) is 1. The van der Waals surface area contributed by atoms with Crippen LogP contribution in [-0.4, -0.2) is 30.6 Å². The molecule has 1 aromatic rings. The monoisotopic (exact) mass is 236 g/mol. The van der Waals surface area contributed by atoms with E-state index in [-0.39, 0.29) is 0 Å². The highest BCUT2D eigenvalue weighted by Crippen LogP contribution is 2.33. The third-order valence-electron chi connectivity index (χ3n) is 3.69. The van der Waals surface area contributed by atoms with Crippen LogP contribution in [0.3, 0.4) is 0 Å². The maximum Gasteiger partial charge on any atom is 0.0242 e. The summed E-state index contributed by atoms with van der Waals surface area (Å²) < 4.78 is 0. The van der Waals surface area contributed by atoms with Crippen molar-refractivity contribution < 1.29 is 0 Å². The highest BCUT2D eigenvalue weighted by Gasteiger charge is 2.32. The second-order valence-electron chi connectivity index (χ2n) is 5.12. The summed E-state index contributed by atoms with van der Waals surface area (Å²) in [6.07, 6.45) is 4.20. The maximum atomic E-state index is 3.71. The van der Waals surface area contributed by atoms with Crippen molar-refractivity contribution in [3.8, 4) is 0 Å². The minimum absolute atomic E-state index is 0.765. The zero-order chi connectivity index (χ0) is 10.8. The first-order valence-electron chi connectivity index (χ1n) is 6.38. The van der Waals surface area contributed by atoms with Gasteiger partial charge in [0.1, 0.15) is 0 Å². The predicted octanol–water partition coefficient (Wildman–Crippen LogP) is 2.32. The molecule has 2 fully saturated rings. The summed E-state index contributed by atoms with van der Waals surface area (Å²) in [5.41, 5.74) is 1.49. The van der Waals surface area contributed by atoms with E-state index in [0.29, 0.717) is 0 Å². The van der Waals surface area contributed by atoms with E-state index < -0.39 is 0 Å². The Balaban J connectivity index is 1.60. The fraction of sp³-hybridized carbons (Fsp3) is 0.692. The lowest BCUT2D eigenvalue weighted by atomic mass is 10.1. The summed E-state index contributed by atoms with van der Waals surface area (Å²) in [5.74, 6) is 0.975. The largest absolute Gasteiger partial charge is 0.312 e. The van der Waals surface area contributed by atoms with Crippen LogP contribution in [-0.2, 0) is 6.54 Å². The second-order valence-corrected chi connectivity index (χ2v) is 5.90. The third-order valence-corrected chi connectivity index (χ3v) is 4.42. The number of nitrogens with one attached hydrogen (secondary N) is 1. The minimum atomic E-state index is 0.765. The number of rotatable bonds is 3. The van der Waals surface area contributed by atoms with Crippen LogP contribution in [0, 0.1) is 5.92 Å². The SMILES string of the molecule is c1cc(CN2CCCNC(C3CC3)C2)cs1. The lowest BCUT2D eigenvalue weighted by Gasteiger charge is -2.23. The van der Waals surface area contributed by atoms with E-state index in [1.165, 1.54) is 44.5 Å². The molecule has 1 saturated carbocycles.